The molecule has 0 N–H and O–H groups in total. The van der Waals surface area contributed by atoms with E-state index in [0.29, 0.717) is 18.9 Å². The van der Waals surface area contributed by atoms with Crippen LogP contribution >= 0.6 is 0 Å². The molecule has 0 saturated heterocycles. The standard InChI is InChI=1S/C22H32O4/c1-5-25-20(23)15-19(16-9-7-6-8-10-16)17-11-13-18(14-12-17)21(24)26-22(2,3)4/h6-10,17-19H,5,11-15H2,1-4H3. The summed E-state index contributed by atoms with van der Waals surface area (Å²) in [6.07, 6.45) is 3.92. The monoisotopic (exact) mass is 360 g/mol. The second-order valence-corrected chi connectivity index (χ2v) is 8.17. The van der Waals surface area contributed by atoms with E-state index in [2.05, 4.69) is 12.1 Å². The molecule has 1 unspecified atom stereocenters. The Balaban J connectivity index is 2.02. The maximum atomic E-state index is 12.3. The van der Waals surface area contributed by atoms with E-state index in [4.69, 9.17) is 9.47 Å². The third kappa shape index (κ3) is 6.15. The Morgan fingerprint density at radius 2 is 1.69 bits per heavy atom. The fourth-order valence-corrected chi connectivity index (χ4v) is 3.80. The van der Waals surface area contributed by atoms with E-state index in [-0.39, 0.29) is 23.8 Å². The number of hydrogen-bond acceptors (Lipinski definition) is 4. The van der Waals surface area contributed by atoms with E-state index in [1.807, 2.05) is 45.9 Å². The number of carbonyl (C=O) groups excluding carboxylic acids is 2. The Bertz CT molecular complexity index is 580. The largest absolute Gasteiger partial charge is 0.466 e. The topological polar surface area (TPSA) is 52.6 Å². The molecule has 1 saturated carbocycles. The summed E-state index contributed by atoms with van der Waals surface area (Å²) < 4.78 is 10.7. The first-order chi connectivity index (χ1) is 12.3. The zero-order chi connectivity index (χ0) is 19.2. The molecule has 0 radical (unpaired) electrons. The molecule has 4 heteroatoms. The van der Waals surface area contributed by atoms with Crippen LogP contribution in [-0.2, 0) is 19.1 Å². The second kappa shape index (κ2) is 9.20. The van der Waals surface area contributed by atoms with Crippen molar-refractivity contribution >= 4 is 11.9 Å². The summed E-state index contributed by atoms with van der Waals surface area (Å²) in [6.45, 7) is 7.96. The van der Waals surface area contributed by atoms with Gasteiger partial charge in [0.25, 0.3) is 0 Å². The van der Waals surface area contributed by atoms with Gasteiger partial charge in [-0.2, -0.15) is 0 Å². The Morgan fingerprint density at radius 1 is 1.08 bits per heavy atom. The normalized spacial score (nSPS) is 21.7. The predicted molar refractivity (Wildman–Crippen MR) is 102 cm³/mol. The molecule has 0 bridgehead atoms. The number of hydrogen-bond donors (Lipinski definition) is 0. The minimum absolute atomic E-state index is 0.0236. The lowest BCUT2D eigenvalue weighted by Crippen LogP contribution is -2.32. The molecule has 0 aliphatic heterocycles. The minimum Gasteiger partial charge on any atom is -0.466 e. The Morgan fingerprint density at radius 3 is 2.23 bits per heavy atom. The summed E-state index contributed by atoms with van der Waals surface area (Å²) in [5.41, 5.74) is 0.742. The molecule has 1 aliphatic rings. The lowest BCUT2D eigenvalue weighted by Gasteiger charge is -2.34. The van der Waals surface area contributed by atoms with Crippen LogP contribution in [0.25, 0.3) is 0 Å². The number of ether oxygens (including phenoxy) is 2. The van der Waals surface area contributed by atoms with E-state index < -0.39 is 5.60 Å². The molecule has 1 fully saturated rings. The first kappa shape index (κ1) is 20.5. The second-order valence-electron chi connectivity index (χ2n) is 8.17. The smallest absolute Gasteiger partial charge is 0.309 e. The maximum Gasteiger partial charge on any atom is 0.309 e. The predicted octanol–water partition coefficient (Wildman–Crippen LogP) is 4.87. The molecule has 0 spiro atoms. The SMILES string of the molecule is CCOC(=O)CC(c1ccccc1)C1CCC(C(=O)OC(C)(C)C)CC1. The van der Waals surface area contributed by atoms with E-state index in [0.717, 1.165) is 25.7 Å². The van der Waals surface area contributed by atoms with Gasteiger partial charge in [0.2, 0.25) is 0 Å². The Hall–Kier alpha value is -1.84. The Kier molecular flexibility index (Phi) is 7.24. The summed E-state index contributed by atoms with van der Waals surface area (Å²) in [6, 6.07) is 10.2. The molecule has 26 heavy (non-hydrogen) atoms. The van der Waals surface area contributed by atoms with Crippen LogP contribution in [0.2, 0.25) is 0 Å². The molecular formula is C22H32O4. The van der Waals surface area contributed by atoms with Crippen LogP contribution in [-0.4, -0.2) is 24.1 Å². The van der Waals surface area contributed by atoms with Gasteiger partial charge in [-0.1, -0.05) is 30.3 Å². The molecule has 144 valence electrons. The van der Waals surface area contributed by atoms with Gasteiger partial charge < -0.3 is 9.47 Å². The molecular weight excluding hydrogens is 328 g/mol. The molecule has 1 aromatic carbocycles. The third-order valence-corrected chi connectivity index (χ3v) is 5.00. The summed E-state index contributed by atoms with van der Waals surface area (Å²) in [4.78, 5) is 24.4. The highest BCUT2D eigenvalue weighted by Gasteiger charge is 2.34. The molecule has 4 nitrogen and oxygen atoms in total. The van der Waals surface area contributed by atoms with E-state index in [1.54, 1.807) is 0 Å². The van der Waals surface area contributed by atoms with E-state index in [9.17, 15) is 9.59 Å². The van der Waals surface area contributed by atoms with Crippen molar-refractivity contribution in [2.45, 2.75) is 71.3 Å². The summed E-state index contributed by atoms with van der Waals surface area (Å²) in [5.74, 6) is 0.285. The highest BCUT2D eigenvalue weighted by atomic mass is 16.6. The van der Waals surface area contributed by atoms with Gasteiger partial charge in [0, 0.05) is 0 Å². The van der Waals surface area contributed by atoms with Crippen molar-refractivity contribution in [2.24, 2.45) is 11.8 Å². The Labute approximate surface area is 157 Å². The summed E-state index contributed by atoms with van der Waals surface area (Å²) >= 11 is 0. The summed E-state index contributed by atoms with van der Waals surface area (Å²) in [7, 11) is 0. The number of rotatable bonds is 6. The van der Waals surface area contributed by atoms with Crippen LogP contribution in [0.1, 0.15) is 71.3 Å². The van der Waals surface area contributed by atoms with Gasteiger partial charge in [0.05, 0.1) is 18.9 Å². The van der Waals surface area contributed by atoms with E-state index in [1.165, 1.54) is 5.56 Å². The van der Waals surface area contributed by atoms with Crippen LogP contribution in [0.15, 0.2) is 30.3 Å². The lowest BCUT2D eigenvalue weighted by molar-refractivity contribution is -0.161. The van der Waals surface area contributed by atoms with Crippen LogP contribution in [0, 0.1) is 11.8 Å². The van der Waals surface area contributed by atoms with Gasteiger partial charge >= 0.3 is 11.9 Å². The fraction of sp³-hybridized carbons (Fsp3) is 0.636. The highest BCUT2D eigenvalue weighted by Crippen LogP contribution is 2.40. The molecule has 0 amide bonds. The third-order valence-electron chi connectivity index (χ3n) is 5.00. The van der Waals surface area contributed by atoms with Gasteiger partial charge in [0.1, 0.15) is 5.60 Å². The zero-order valence-corrected chi connectivity index (χ0v) is 16.5. The molecule has 0 aromatic heterocycles. The quantitative estimate of drug-likeness (QED) is 0.679. The number of carbonyl (C=O) groups is 2. The van der Waals surface area contributed by atoms with Gasteiger partial charge in [-0.25, -0.2) is 0 Å². The van der Waals surface area contributed by atoms with Crippen molar-refractivity contribution in [2.75, 3.05) is 6.61 Å². The van der Waals surface area contributed by atoms with Crippen molar-refractivity contribution in [3.05, 3.63) is 35.9 Å². The molecule has 1 atom stereocenters. The van der Waals surface area contributed by atoms with Gasteiger partial charge in [-0.15, -0.1) is 0 Å². The number of esters is 2. The summed E-state index contributed by atoms with van der Waals surface area (Å²) in [5, 5.41) is 0. The van der Waals surface area contributed by atoms with E-state index >= 15 is 0 Å². The maximum absolute atomic E-state index is 12.3. The van der Waals surface area contributed by atoms with Crippen LogP contribution in [0.5, 0.6) is 0 Å². The molecule has 1 aromatic rings. The lowest BCUT2D eigenvalue weighted by atomic mass is 9.72. The first-order valence-corrected chi connectivity index (χ1v) is 9.73. The van der Waals surface area contributed by atoms with Crippen LogP contribution in [0.4, 0.5) is 0 Å². The molecule has 2 rings (SSSR count). The highest BCUT2D eigenvalue weighted by molar-refractivity contribution is 5.73. The van der Waals surface area contributed by atoms with Crippen molar-refractivity contribution < 1.29 is 19.1 Å². The van der Waals surface area contributed by atoms with Gasteiger partial charge in [0.15, 0.2) is 0 Å². The first-order valence-electron chi connectivity index (χ1n) is 9.73. The van der Waals surface area contributed by atoms with Crippen molar-refractivity contribution in [3.8, 4) is 0 Å². The fourth-order valence-electron chi connectivity index (χ4n) is 3.80. The zero-order valence-electron chi connectivity index (χ0n) is 16.5. The average Bonchev–Trinajstić information content (AvgIpc) is 2.59. The van der Waals surface area contributed by atoms with Crippen LogP contribution < -0.4 is 0 Å². The molecule has 0 heterocycles. The van der Waals surface area contributed by atoms with Gasteiger partial charge in [-0.3, -0.25) is 9.59 Å². The van der Waals surface area contributed by atoms with Gasteiger partial charge in [-0.05, 0) is 70.8 Å². The molecule has 1 aliphatic carbocycles. The van der Waals surface area contributed by atoms with Crippen molar-refractivity contribution in [3.63, 3.8) is 0 Å². The van der Waals surface area contributed by atoms with Crippen LogP contribution in [0.3, 0.4) is 0 Å². The number of benzene rings is 1. The van der Waals surface area contributed by atoms with Crippen molar-refractivity contribution in [1.82, 2.24) is 0 Å². The van der Waals surface area contributed by atoms with Crippen molar-refractivity contribution in [1.29, 1.82) is 0 Å². The average molecular weight is 360 g/mol. The minimum atomic E-state index is -0.440.